The van der Waals surface area contributed by atoms with Crippen molar-refractivity contribution >= 4 is 32.6 Å². The van der Waals surface area contributed by atoms with Crippen molar-refractivity contribution in [2.75, 3.05) is 18.0 Å². The summed E-state index contributed by atoms with van der Waals surface area (Å²) in [5.74, 6) is -0.0410. The standard InChI is InChI=1S/C20H23N2O2P.C2H6/c1-3-7-16-10-11-17-8-5-6-9-18(17)22(14-15(16)4-2)19(23)12-13-21-20(24)25;1-2/h3-11H,2,12-14,25H2,1H3,(H,21,24);1-2H3/b7-3-,11-10-,16-15-;. The van der Waals surface area contributed by atoms with Crippen LogP contribution in [-0.2, 0) is 4.79 Å². The quantitative estimate of drug-likeness (QED) is 0.718. The molecule has 0 aromatic heterocycles. The van der Waals surface area contributed by atoms with Crippen LogP contribution in [0.15, 0.2) is 66.3 Å². The third kappa shape index (κ3) is 6.65. The molecule has 0 radical (unpaired) electrons. The van der Waals surface area contributed by atoms with Gasteiger partial charge in [0.05, 0.1) is 12.2 Å². The molecule has 2 amide bonds. The summed E-state index contributed by atoms with van der Waals surface area (Å²) < 4.78 is 0. The summed E-state index contributed by atoms with van der Waals surface area (Å²) in [5, 5.41) is 2.64. The molecule has 1 aliphatic rings. The van der Waals surface area contributed by atoms with Crippen molar-refractivity contribution in [3.63, 3.8) is 0 Å². The average Bonchev–Trinajstić information content (AvgIpc) is 2.66. The van der Waals surface area contributed by atoms with Crippen LogP contribution >= 0.6 is 9.24 Å². The van der Waals surface area contributed by atoms with E-state index in [1.165, 1.54) is 0 Å². The third-order valence-corrected chi connectivity index (χ3v) is 4.11. The number of hydrogen-bond donors (Lipinski definition) is 1. The fourth-order valence-corrected chi connectivity index (χ4v) is 2.83. The van der Waals surface area contributed by atoms with E-state index in [9.17, 15) is 9.59 Å². The molecule has 0 saturated carbocycles. The zero-order valence-electron chi connectivity index (χ0n) is 16.4. The minimum atomic E-state index is -0.217. The van der Waals surface area contributed by atoms with Gasteiger partial charge in [0.2, 0.25) is 11.6 Å². The van der Waals surface area contributed by atoms with Crippen LogP contribution in [-0.4, -0.2) is 24.6 Å². The van der Waals surface area contributed by atoms with Gasteiger partial charge in [-0.15, -0.1) is 0 Å². The van der Waals surface area contributed by atoms with Crippen LogP contribution < -0.4 is 10.2 Å². The summed E-state index contributed by atoms with van der Waals surface area (Å²) in [6.07, 6.45) is 10.1. The van der Waals surface area contributed by atoms with Crippen molar-refractivity contribution in [2.45, 2.75) is 27.2 Å². The molecule has 2 rings (SSSR count). The molecule has 27 heavy (non-hydrogen) atoms. The largest absolute Gasteiger partial charge is 0.352 e. The Morgan fingerprint density at radius 3 is 2.59 bits per heavy atom. The normalized spacial score (nSPS) is 17.1. The molecule has 0 bridgehead atoms. The maximum atomic E-state index is 12.8. The van der Waals surface area contributed by atoms with Crippen molar-refractivity contribution in [1.29, 1.82) is 0 Å². The minimum Gasteiger partial charge on any atom is -0.352 e. The van der Waals surface area contributed by atoms with Crippen LogP contribution in [0, 0.1) is 0 Å². The van der Waals surface area contributed by atoms with Gasteiger partial charge in [-0.1, -0.05) is 69.0 Å². The molecule has 1 heterocycles. The number of nitrogens with zero attached hydrogens (tertiary/aromatic N) is 1. The second-order valence-corrected chi connectivity index (χ2v) is 6.12. The fourth-order valence-electron chi connectivity index (χ4n) is 2.68. The van der Waals surface area contributed by atoms with Crippen LogP contribution in [0.2, 0.25) is 0 Å². The summed E-state index contributed by atoms with van der Waals surface area (Å²) in [4.78, 5) is 25.6. The SMILES string of the molecule is C=C/C1=C(\C=C/C)/C=C\c2ccccc2N(C(=O)CCNC(=O)P)C1.CC. The molecule has 0 aliphatic carbocycles. The molecule has 4 nitrogen and oxygen atoms in total. The molecule has 1 N–H and O–H groups in total. The van der Waals surface area contributed by atoms with Crippen LogP contribution in [0.5, 0.6) is 0 Å². The predicted molar refractivity (Wildman–Crippen MR) is 119 cm³/mol. The molecule has 0 saturated heterocycles. The lowest BCUT2D eigenvalue weighted by atomic mass is 10.0. The fraction of sp³-hybridized carbons (Fsp3) is 0.273. The highest BCUT2D eigenvalue weighted by atomic mass is 31.0. The Kier molecular flexibility index (Phi) is 10.1. The number of anilines is 1. The molecule has 0 fully saturated rings. The molecule has 1 aromatic rings. The Morgan fingerprint density at radius 1 is 1.26 bits per heavy atom. The lowest BCUT2D eigenvalue weighted by Gasteiger charge is -2.27. The Balaban J connectivity index is 0.00000176. The number of amides is 2. The van der Waals surface area contributed by atoms with Gasteiger partial charge in [-0.2, -0.15) is 0 Å². The van der Waals surface area contributed by atoms with E-state index < -0.39 is 0 Å². The number of hydrogen-bond acceptors (Lipinski definition) is 2. The third-order valence-electron chi connectivity index (χ3n) is 3.90. The Labute approximate surface area is 164 Å². The average molecular weight is 384 g/mol. The first-order chi connectivity index (χ1) is 13.1. The van der Waals surface area contributed by atoms with E-state index in [4.69, 9.17) is 0 Å². The van der Waals surface area contributed by atoms with Gasteiger partial charge in [-0.05, 0) is 38.9 Å². The minimum absolute atomic E-state index is 0.0410. The van der Waals surface area contributed by atoms with Gasteiger partial charge in [0.15, 0.2) is 0 Å². The van der Waals surface area contributed by atoms with Crippen molar-refractivity contribution in [3.05, 3.63) is 71.9 Å². The highest BCUT2D eigenvalue weighted by Crippen LogP contribution is 2.28. The van der Waals surface area contributed by atoms with E-state index >= 15 is 0 Å². The van der Waals surface area contributed by atoms with Gasteiger partial charge in [0.1, 0.15) is 0 Å². The first-order valence-corrected chi connectivity index (χ1v) is 9.73. The van der Waals surface area contributed by atoms with Crippen molar-refractivity contribution < 1.29 is 9.59 Å². The number of para-hydroxylation sites is 1. The summed E-state index contributed by atoms with van der Waals surface area (Å²) in [5.41, 5.74) is 3.64. The molecule has 1 aromatic carbocycles. The lowest BCUT2D eigenvalue weighted by molar-refractivity contribution is -0.118. The Morgan fingerprint density at radius 2 is 1.96 bits per heavy atom. The van der Waals surface area contributed by atoms with Crippen LogP contribution in [0.1, 0.15) is 32.8 Å². The summed E-state index contributed by atoms with van der Waals surface area (Å²) in [6, 6.07) is 7.80. The van der Waals surface area contributed by atoms with E-state index in [0.717, 1.165) is 22.4 Å². The first-order valence-electron chi connectivity index (χ1n) is 9.16. The highest BCUT2D eigenvalue weighted by molar-refractivity contribution is 7.39. The molecular weight excluding hydrogens is 355 g/mol. The summed E-state index contributed by atoms with van der Waals surface area (Å²) >= 11 is 0. The summed E-state index contributed by atoms with van der Waals surface area (Å²) in [7, 11) is 2.05. The molecule has 144 valence electrons. The number of fused-ring (bicyclic) bond motifs is 1. The van der Waals surface area contributed by atoms with Crippen LogP contribution in [0.25, 0.3) is 6.08 Å². The zero-order valence-corrected chi connectivity index (χ0v) is 17.5. The summed E-state index contributed by atoms with van der Waals surface area (Å²) in [6.45, 7) is 10.6. The Hall–Kier alpha value is -2.45. The molecule has 1 unspecified atom stereocenters. The van der Waals surface area contributed by atoms with Gasteiger partial charge >= 0.3 is 0 Å². The lowest BCUT2D eigenvalue weighted by Crippen LogP contribution is -2.36. The van der Waals surface area contributed by atoms with Gasteiger partial charge in [0, 0.05) is 13.0 Å². The smallest absolute Gasteiger partial charge is 0.234 e. The Bertz CT molecular complexity index is 763. The maximum absolute atomic E-state index is 12.8. The number of carbonyl (C=O) groups is 2. The van der Waals surface area contributed by atoms with Gasteiger partial charge < -0.3 is 10.2 Å². The van der Waals surface area contributed by atoms with Crippen LogP contribution in [0.4, 0.5) is 10.5 Å². The zero-order chi connectivity index (χ0) is 20.2. The van der Waals surface area contributed by atoms with Gasteiger partial charge in [-0.25, -0.2) is 0 Å². The van der Waals surface area contributed by atoms with Crippen LogP contribution in [0.3, 0.4) is 0 Å². The number of carbonyl (C=O) groups excluding carboxylic acids is 2. The predicted octanol–water partition coefficient (Wildman–Crippen LogP) is 5.11. The van der Waals surface area contributed by atoms with E-state index in [1.807, 2.05) is 78.6 Å². The van der Waals surface area contributed by atoms with Crippen molar-refractivity contribution in [2.24, 2.45) is 0 Å². The van der Waals surface area contributed by atoms with E-state index in [2.05, 4.69) is 11.9 Å². The molecule has 0 spiro atoms. The van der Waals surface area contributed by atoms with Crippen molar-refractivity contribution in [3.8, 4) is 0 Å². The monoisotopic (exact) mass is 384 g/mol. The highest BCUT2D eigenvalue weighted by Gasteiger charge is 2.20. The second-order valence-electron chi connectivity index (χ2n) is 5.60. The number of benzene rings is 1. The van der Waals surface area contributed by atoms with Gasteiger partial charge in [0.25, 0.3) is 0 Å². The molecule has 1 atom stereocenters. The second kappa shape index (κ2) is 12.0. The van der Waals surface area contributed by atoms with Crippen molar-refractivity contribution in [1.82, 2.24) is 5.32 Å². The first kappa shape index (κ1) is 22.6. The number of nitrogens with one attached hydrogen (secondary N) is 1. The maximum Gasteiger partial charge on any atom is 0.234 e. The molecule has 1 aliphatic heterocycles. The number of allylic oxidation sites excluding steroid dienone is 4. The molecular formula is C22H29N2O2P. The van der Waals surface area contributed by atoms with Gasteiger partial charge in [-0.3, -0.25) is 9.59 Å². The van der Waals surface area contributed by atoms with E-state index in [1.54, 1.807) is 11.0 Å². The molecule has 5 heteroatoms. The number of rotatable bonds is 5. The topological polar surface area (TPSA) is 49.4 Å². The van der Waals surface area contributed by atoms with E-state index in [-0.39, 0.29) is 18.0 Å². The van der Waals surface area contributed by atoms with E-state index in [0.29, 0.717) is 13.1 Å².